The molecule has 154 valence electrons. The largest absolute Gasteiger partial charge is 0.496 e. The third-order valence-corrected chi connectivity index (χ3v) is 4.33. The number of guanidine groups is 1. The maximum atomic E-state index is 5.45. The second kappa shape index (κ2) is 12.6. The normalized spacial score (nSPS) is 11.1. The summed E-state index contributed by atoms with van der Waals surface area (Å²) in [6, 6.07) is 15.0. The topological polar surface area (TPSA) is 48.9 Å². The minimum Gasteiger partial charge on any atom is -0.496 e. The van der Waals surface area contributed by atoms with Crippen molar-refractivity contribution < 1.29 is 4.74 Å². The van der Waals surface area contributed by atoms with Gasteiger partial charge in [-0.2, -0.15) is 0 Å². The number of nitrogens with one attached hydrogen (secondary N) is 2. The number of rotatable bonds is 8. The van der Waals surface area contributed by atoms with Gasteiger partial charge in [0, 0.05) is 26.7 Å². The summed E-state index contributed by atoms with van der Waals surface area (Å²) in [7, 11) is 7.67. The van der Waals surface area contributed by atoms with E-state index in [0.717, 1.165) is 37.8 Å². The van der Waals surface area contributed by atoms with Crippen LogP contribution < -0.4 is 15.4 Å². The van der Waals surface area contributed by atoms with E-state index in [1.165, 1.54) is 22.3 Å². The van der Waals surface area contributed by atoms with Crippen molar-refractivity contribution >= 4 is 29.9 Å². The highest BCUT2D eigenvalue weighted by molar-refractivity contribution is 14.0. The molecule has 0 aliphatic rings. The molecular weight excluding hydrogens is 463 g/mol. The Kier molecular flexibility index (Phi) is 10.9. The quantitative estimate of drug-likeness (QED) is 0.333. The van der Waals surface area contributed by atoms with Crippen molar-refractivity contribution in [1.82, 2.24) is 15.5 Å². The lowest BCUT2D eigenvalue weighted by molar-refractivity contribution is 0.402. The molecule has 0 amide bonds. The third-order valence-electron chi connectivity index (χ3n) is 4.33. The van der Waals surface area contributed by atoms with E-state index in [0.29, 0.717) is 0 Å². The predicted molar refractivity (Wildman–Crippen MR) is 129 cm³/mol. The van der Waals surface area contributed by atoms with E-state index in [2.05, 4.69) is 77.9 Å². The second-order valence-electron chi connectivity index (χ2n) is 6.97. The number of hydrogen-bond acceptors (Lipinski definition) is 3. The highest BCUT2D eigenvalue weighted by atomic mass is 127. The first-order chi connectivity index (χ1) is 13.0. The van der Waals surface area contributed by atoms with Crippen molar-refractivity contribution in [3.8, 4) is 5.75 Å². The zero-order valence-corrected chi connectivity index (χ0v) is 19.9. The molecule has 2 aromatic rings. The Hall–Kier alpha value is -1.80. The third kappa shape index (κ3) is 8.06. The van der Waals surface area contributed by atoms with Gasteiger partial charge >= 0.3 is 0 Å². The molecule has 0 saturated heterocycles. The van der Waals surface area contributed by atoms with E-state index in [1.807, 2.05) is 6.07 Å². The Morgan fingerprint density at radius 3 is 2.32 bits per heavy atom. The summed E-state index contributed by atoms with van der Waals surface area (Å²) in [6.45, 7) is 4.59. The smallest absolute Gasteiger partial charge is 0.191 e. The van der Waals surface area contributed by atoms with Crippen LogP contribution in [0.5, 0.6) is 5.75 Å². The molecule has 2 rings (SSSR count). The summed E-state index contributed by atoms with van der Waals surface area (Å²) < 4.78 is 5.45. The average Bonchev–Trinajstić information content (AvgIpc) is 2.65. The second-order valence-corrected chi connectivity index (χ2v) is 6.97. The minimum atomic E-state index is 0. The van der Waals surface area contributed by atoms with E-state index in [1.54, 1.807) is 14.2 Å². The number of methoxy groups -OCH3 is 1. The van der Waals surface area contributed by atoms with Gasteiger partial charge in [-0.15, -0.1) is 24.0 Å². The molecule has 0 aliphatic carbocycles. The highest BCUT2D eigenvalue weighted by Crippen LogP contribution is 2.19. The number of nitrogens with zero attached hydrogens (tertiary/aromatic N) is 2. The maximum absolute atomic E-state index is 5.45. The van der Waals surface area contributed by atoms with E-state index in [4.69, 9.17) is 4.74 Å². The first-order valence-corrected chi connectivity index (χ1v) is 9.32. The van der Waals surface area contributed by atoms with Crippen molar-refractivity contribution in [2.45, 2.75) is 26.4 Å². The van der Waals surface area contributed by atoms with E-state index in [9.17, 15) is 0 Å². The van der Waals surface area contributed by atoms with Gasteiger partial charge in [0.1, 0.15) is 5.75 Å². The standard InChI is InChI=1S/C22H32N4O.HI/c1-17-6-11-21(27-5)20(14-17)12-13-24-22(23-2)25-15-18-7-9-19(10-8-18)16-26(3)4;/h6-11,14H,12-13,15-16H2,1-5H3,(H2,23,24,25);1H. The molecular formula is C22H33IN4O. The molecule has 6 heteroatoms. The molecule has 0 saturated carbocycles. The van der Waals surface area contributed by atoms with Crippen LogP contribution in [0.15, 0.2) is 47.5 Å². The summed E-state index contributed by atoms with van der Waals surface area (Å²) in [5.74, 6) is 1.74. The van der Waals surface area contributed by atoms with Gasteiger partial charge in [-0.1, -0.05) is 42.0 Å². The zero-order valence-electron chi connectivity index (χ0n) is 17.6. The first-order valence-electron chi connectivity index (χ1n) is 9.32. The average molecular weight is 496 g/mol. The molecule has 0 bridgehead atoms. The Morgan fingerprint density at radius 1 is 1.04 bits per heavy atom. The lowest BCUT2D eigenvalue weighted by atomic mass is 10.1. The zero-order chi connectivity index (χ0) is 19.6. The predicted octanol–water partition coefficient (Wildman–Crippen LogP) is 3.59. The summed E-state index contributed by atoms with van der Waals surface area (Å²) >= 11 is 0. The molecule has 0 heterocycles. The summed E-state index contributed by atoms with van der Waals surface area (Å²) in [6.07, 6.45) is 0.880. The lowest BCUT2D eigenvalue weighted by Gasteiger charge is -2.14. The first kappa shape index (κ1) is 24.2. The Balaban J connectivity index is 0.00000392. The summed E-state index contributed by atoms with van der Waals surface area (Å²) in [5.41, 5.74) is 5.00. The SMILES string of the molecule is CN=C(NCCc1cc(C)ccc1OC)NCc1ccc(CN(C)C)cc1.I. The van der Waals surface area contributed by atoms with Crippen LogP contribution in [0.25, 0.3) is 0 Å². The van der Waals surface area contributed by atoms with E-state index < -0.39 is 0 Å². The molecule has 5 nitrogen and oxygen atoms in total. The molecule has 0 spiro atoms. The number of ether oxygens (including phenoxy) is 1. The molecule has 2 aromatic carbocycles. The highest BCUT2D eigenvalue weighted by Gasteiger charge is 2.04. The lowest BCUT2D eigenvalue weighted by Crippen LogP contribution is -2.37. The summed E-state index contributed by atoms with van der Waals surface area (Å²) in [5, 5.41) is 6.74. The van der Waals surface area contributed by atoms with Gasteiger partial charge in [0.15, 0.2) is 5.96 Å². The van der Waals surface area contributed by atoms with Crippen molar-refractivity contribution in [2.75, 3.05) is 34.8 Å². The fourth-order valence-electron chi connectivity index (χ4n) is 2.95. The fraction of sp³-hybridized carbons (Fsp3) is 0.409. The number of hydrogen-bond donors (Lipinski definition) is 2. The van der Waals surface area contributed by atoms with Gasteiger partial charge in [-0.25, -0.2) is 0 Å². The maximum Gasteiger partial charge on any atom is 0.191 e. The van der Waals surface area contributed by atoms with Gasteiger partial charge in [0.2, 0.25) is 0 Å². The minimum absolute atomic E-state index is 0. The molecule has 2 N–H and O–H groups in total. The van der Waals surface area contributed by atoms with Crippen LogP contribution in [0.3, 0.4) is 0 Å². The van der Waals surface area contributed by atoms with Gasteiger partial charge in [0.05, 0.1) is 7.11 Å². The van der Waals surface area contributed by atoms with Crippen molar-refractivity contribution in [1.29, 1.82) is 0 Å². The van der Waals surface area contributed by atoms with Crippen LogP contribution in [-0.4, -0.2) is 45.7 Å². The molecule has 0 aromatic heterocycles. The Bertz CT molecular complexity index is 745. The van der Waals surface area contributed by atoms with Gasteiger partial charge in [-0.3, -0.25) is 4.99 Å². The van der Waals surface area contributed by atoms with Crippen LogP contribution in [0.2, 0.25) is 0 Å². The van der Waals surface area contributed by atoms with Crippen LogP contribution in [0, 0.1) is 6.92 Å². The molecule has 0 aliphatic heterocycles. The Labute approximate surface area is 186 Å². The number of halogens is 1. The van der Waals surface area contributed by atoms with Crippen molar-refractivity contribution in [2.24, 2.45) is 4.99 Å². The molecule has 0 unspecified atom stereocenters. The summed E-state index contributed by atoms with van der Waals surface area (Å²) in [4.78, 5) is 6.48. The van der Waals surface area contributed by atoms with Gasteiger partial charge in [0.25, 0.3) is 0 Å². The Morgan fingerprint density at radius 2 is 1.71 bits per heavy atom. The van der Waals surface area contributed by atoms with Crippen LogP contribution in [-0.2, 0) is 19.5 Å². The van der Waals surface area contributed by atoms with Crippen molar-refractivity contribution in [3.63, 3.8) is 0 Å². The van der Waals surface area contributed by atoms with Gasteiger partial charge < -0.3 is 20.3 Å². The van der Waals surface area contributed by atoms with Crippen LogP contribution >= 0.6 is 24.0 Å². The van der Waals surface area contributed by atoms with E-state index in [-0.39, 0.29) is 24.0 Å². The van der Waals surface area contributed by atoms with Crippen LogP contribution in [0.4, 0.5) is 0 Å². The molecule has 0 fully saturated rings. The van der Waals surface area contributed by atoms with Crippen molar-refractivity contribution in [3.05, 3.63) is 64.7 Å². The molecule has 0 radical (unpaired) electrons. The molecule has 28 heavy (non-hydrogen) atoms. The fourth-order valence-corrected chi connectivity index (χ4v) is 2.95. The molecule has 0 atom stereocenters. The van der Waals surface area contributed by atoms with Crippen LogP contribution in [0.1, 0.15) is 22.3 Å². The number of aryl methyl sites for hydroxylation is 1. The monoisotopic (exact) mass is 496 g/mol. The number of benzene rings is 2. The number of aliphatic imine (C=N–C) groups is 1. The van der Waals surface area contributed by atoms with Gasteiger partial charge in [-0.05, 0) is 50.2 Å². The van der Waals surface area contributed by atoms with E-state index >= 15 is 0 Å².